The maximum atomic E-state index is 13.2. The first-order valence-corrected chi connectivity index (χ1v) is 13.7. The van der Waals surface area contributed by atoms with Gasteiger partial charge in [0.15, 0.2) is 0 Å². The lowest BCUT2D eigenvalue weighted by molar-refractivity contribution is -0.376. The molecular formula is C31H33F6N3O3. The molecule has 0 radical (unpaired) electrons. The molecule has 2 heterocycles. The van der Waals surface area contributed by atoms with E-state index in [1.54, 1.807) is 39.2 Å². The van der Waals surface area contributed by atoms with Crippen molar-refractivity contribution >= 4 is 5.97 Å². The average molecular weight is 610 g/mol. The summed E-state index contributed by atoms with van der Waals surface area (Å²) in [4.78, 5) is 21.3. The Balaban J connectivity index is 1.49. The second kappa shape index (κ2) is 12.6. The highest BCUT2D eigenvalue weighted by molar-refractivity contribution is 5.76. The SMILES string of the molecule is Cc1cc(CN2CCN(Cc3ccncc3)[C@@H](C(=O)OC(C)C)C2)ccc1-c1ccc(C(O)(C(F)(F)F)C(F)(F)F)cc1. The number of esters is 1. The topological polar surface area (TPSA) is 65.9 Å². The highest BCUT2D eigenvalue weighted by Gasteiger charge is 2.71. The zero-order chi connectivity index (χ0) is 31.6. The number of ether oxygens (including phenoxy) is 1. The Morgan fingerprint density at radius 2 is 1.56 bits per heavy atom. The number of piperazine rings is 1. The van der Waals surface area contributed by atoms with Crippen LogP contribution in [0.4, 0.5) is 26.3 Å². The maximum absolute atomic E-state index is 13.2. The fourth-order valence-corrected chi connectivity index (χ4v) is 5.25. The molecule has 3 aromatic rings. The zero-order valence-electron chi connectivity index (χ0n) is 23.9. The predicted molar refractivity (Wildman–Crippen MR) is 148 cm³/mol. The minimum atomic E-state index is -5.95. The number of aromatic nitrogens is 1. The molecule has 0 unspecified atom stereocenters. The highest BCUT2D eigenvalue weighted by Crippen LogP contribution is 2.50. The van der Waals surface area contributed by atoms with Gasteiger partial charge in [0.25, 0.3) is 5.60 Å². The molecule has 0 amide bonds. The Bertz CT molecular complexity index is 1380. The summed E-state index contributed by atoms with van der Waals surface area (Å²) in [5.41, 5.74) is -2.52. The normalized spacial score (nSPS) is 17.3. The van der Waals surface area contributed by atoms with E-state index in [2.05, 4.69) is 14.8 Å². The van der Waals surface area contributed by atoms with Gasteiger partial charge in [0, 0.05) is 50.7 Å². The number of nitrogens with zero attached hydrogens (tertiary/aromatic N) is 3. The molecule has 1 saturated heterocycles. The van der Waals surface area contributed by atoms with E-state index in [0.717, 1.165) is 28.8 Å². The van der Waals surface area contributed by atoms with Crippen LogP contribution in [0.25, 0.3) is 11.1 Å². The number of carbonyl (C=O) groups is 1. The first-order chi connectivity index (χ1) is 20.1. The Kier molecular flexibility index (Phi) is 9.53. The minimum Gasteiger partial charge on any atom is -0.462 e. The quantitative estimate of drug-likeness (QED) is 0.250. The van der Waals surface area contributed by atoms with E-state index in [4.69, 9.17) is 4.74 Å². The number of carbonyl (C=O) groups excluding carboxylic acids is 1. The van der Waals surface area contributed by atoms with Gasteiger partial charge in [0.05, 0.1) is 6.10 Å². The minimum absolute atomic E-state index is 0.259. The molecule has 43 heavy (non-hydrogen) atoms. The van der Waals surface area contributed by atoms with Gasteiger partial charge >= 0.3 is 18.3 Å². The molecule has 0 saturated carbocycles. The lowest BCUT2D eigenvalue weighted by Crippen LogP contribution is -2.56. The van der Waals surface area contributed by atoms with Crippen LogP contribution in [0.5, 0.6) is 0 Å². The van der Waals surface area contributed by atoms with Gasteiger partial charge < -0.3 is 9.84 Å². The Morgan fingerprint density at radius 3 is 2.12 bits per heavy atom. The third-order valence-electron chi connectivity index (χ3n) is 7.47. The number of alkyl halides is 6. The second-order valence-corrected chi connectivity index (χ2v) is 11.0. The smallest absolute Gasteiger partial charge is 0.430 e. The van der Waals surface area contributed by atoms with E-state index in [-0.39, 0.29) is 12.1 Å². The van der Waals surface area contributed by atoms with Gasteiger partial charge in [0.2, 0.25) is 0 Å². The van der Waals surface area contributed by atoms with Crippen LogP contribution in [-0.4, -0.2) is 70.0 Å². The van der Waals surface area contributed by atoms with Crippen molar-refractivity contribution < 1.29 is 41.0 Å². The van der Waals surface area contributed by atoms with Crippen molar-refractivity contribution in [3.8, 4) is 11.1 Å². The molecule has 0 spiro atoms. The third kappa shape index (κ3) is 7.19. The van der Waals surface area contributed by atoms with Gasteiger partial charge in [-0.25, -0.2) is 0 Å². The number of aryl methyl sites for hydroxylation is 1. The average Bonchev–Trinajstić information content (AvgIpc) is 2.92. The van der Waals surface area contributed by atoms with E-state index in [1.807, 2.05) is 24.3 Å². The highest BCUT2D eigenvalue weighted by atomic mass is 19.4. The van der Waals surface area contributed by atoms with Gasteiger partial charge in [-0.2, -0.15) is 26.3 Å². The van der Waals surface area contributed by atoms with Gasteiger partial charge in [-0.3, -0.25) is 19.6 Å². The molecule has 1 aromatic heterocycles. The Hall–Kier alpha value is -3.48. The van der Waals surface area contributed by atoms with Crippen LogP contribution >= 0.6 is 0 Å². The fraction of sp³-hybridized carbons (Fsp3) is 0.419. The van der Waals surface area contributed by atoms with E-state index in [0.29, 0.717) is 56.0 Å². The molecular weight excluding hydrogens is 576 g/mol. The lowest BCUT2D eigenvalue weighted by atomic mass is 9.90. The summed E-state index contributed by atoms with van der Waals surface area (Å²) in [6.45, 7) is 8.27. The van der Waals surface area contributed by atoms with Gasteiger partial charge in [-0.1, -0.05) is 42.5 Å². The molecule has 12 heteroatoms. The first-order valence-electron chi connectivity index (χ1n) is 13.7. The molecule has 2 aromatic carbocycles. The predicted octanol–water partition coefficient (Wildman–Crippen LogP) is 6.01. The summed E-state index contributed by atoms with van der Waals surface area (Å²) in [5.74, 6) is -0.299. The van der Waals surface area contributed by atoms with Gasteiger partial charge in [-0.15, -0.1) is 0 Å². The largest absolute Gasteiger partial charge is 0.462 e. The van der Waals surface area contributed by atoms with Crippen LogP contribution in [-0.2, 0) is 28.2 Å². The van der Waals surface area contributed by atoms with Gasteiger partial charge in [0.1, 0.15) is 6.04 Å². The number of halogens is 6. The maximum Gasteiger partial charge on any atom is 0.430 e. The molecule has 6 nitrogen and oxygen atoms in total. The van der Waals surface area contributed by atoms with Crippen molar-refractivity contribution in [1.29, 1.82) is 0 Å². The van der Waals surface area contributed by atoms with Gasteiger partial charge in [-0.05, 0) is 60.7 Å². The van der Waals surface area contributed by atoms with E-state index >= 15 is 0 Å². The first kappa shape index (κ1) is 32.4. The molecule has 1 N–H and O–H groups in total. The lowest BCUT2D eigenvalue weighted by Gasteiger charge is -2.40. The van der Waals surface area contributed by atoms with Crippen molar-refractivity contribution in [1.82, 2.24) is 14.8 Å². The number of hydrogen-bond donors (Lipinski definition) is 1. The Morgan fingerprint density at radius 1 is 0.930 bits per heavy atom. The molecule has 4 rings (SSSR count). The summed E-state index contributed by atoms with van der Waals surface area (Å²) in [6, 6.07) is 12.4. The number of rotatable bonds is 8. The summed E-state index contributed by atoms with van der Waals surface area (Å²) < 4.78 is 85.0. The van der Waals surface area contributed by atoms with Crippen molar-refractivity contribution in [3.63, 3.8) is 0 Å². The van der Waals surface area contributed by atoms with Crippen LogP contribution in [0.2, 0.25) is 0 Å². The molecule has 1 aliphatic rings. The van der Waals surface area contributed by atoms with Crippen LogP contribution in [0.15, 0.2) is 67.0 Å². The van der Waals surface area contributed by atoms with E-state index in [9.17, 15) is 36.2 Å². The Labute approximate surface area is 245 Å². The summed E-state index contributed by atoms with van der Waals surface area (Å²) in [5, 5.41) is 9.66. The van der Waals surface area contributed by atoms with Crippen LogP contribution in [0.3, 0.4) is 0 Å². The molecule has 1 atom stereocenters. The molecule has 0 aliphatic carbocycles. The molecule has 0 bridgehead atoms. The zero-order valence-corrected chi connectivity index (χ0v) is 23.9. The van der Waals surface area contributed by atoms with Crippen molar-refractivity contribution in [2.45, 2.75) is 64.0 Å². The second-order valence-electron chi connectivity index (χ2n) is 11.0. The summed E-state index contributed by atoms with van der Waals surface area (Å²) in [6.07, 6.45) is -8.74. The number of pyridine rings is 1. The summed E-state index contributed by atoms with van der Waals surface area (Å²) in [7, 11) is 0. The van der Waals surface area contributed by atoms with Crippen LogP contribution in [0, 0.1) is 6.92 Å². The fourth-order valence-electron chi connectivity index (χ4n) is 5.25. The van der Waals surface area contributed by atoms with Crippen molar-refractivity contribution in [3.05, 3.63) is 89.2 Å². The standard InChI is InChI=1S/C31H33F6N3O3/c1-20(2)43-28(41)27-19-39(14-15-40(27)18-22-10-12-38-13-11-22)17-23-4-9-26(21(3)16-23)24-5-7-25(8-6-24)29(42,30(32,33)34)31(35,36)37/h4-13,16,20,27,42H,14-15,17-19H2,1-3H3/t27-/m1/s1. The van der Waals surface area contributed by atoms with Crippen molar-refractivity contribution in [2.24, 2.45) is 0 Å². The van der Waals surface area contributed by atoms with Crippen LogP contribution < -0.4 is 0 Å². The monoisotopic (exact) mass is 609 g/mol. The summed E-state index contributed by atoms with van der Waals surface area (Å²) >= 11 is 0. The number of hydrogen-bond acceptors (Lipinski definition) is 6. The van der Waals surface area contributed by atoms with Crippen molar-refractivity contribution in [2.75, 3.05) is 19.6 Å². The number of aliphatic hydroxyl groups is 1. The molecule has 1 aliphatic heterocycles. The molecule has 1 fully saturated rings. The number of benzene rings is 2. The molecule has 232 valence electrons. The van der Waals surface area contributed by atoms with E-state index in [1.165, 1.54) is 0 Å². The third-order valence-corrected chi connectivity index (χ3v) is 7.47. The van der Waals surface area contributed by atoms with Crippen LogP contribution in [0.1, 0.15) is 36.1 Å². The van der Waals surface area contributed by atoms with E-state index < -0.39 is 29.6 Å².